The van der Waals surface area contributed by atoms with Crippen molar-refractivity contribution in [2.75, 3.05) is 26.4 Å². The summed E-state index contributed by atoms with van der Waals surface area (Å²) in [6.07, 6.45) is -1.20. The van der Waals surface area contributed by atoms with Crippen molar-refractivity contribution in [2.24, 2.45) is 0 Å². The summed E-state index contributed by atoms with van der Waals surface area (Å²) >= 11 is 0. The van der Waals surface area contributed by atoms with E-state index in [0.29, 0.717) is 0 Å². The van der Waals surface area contributed by atoms with Gasteiger partial charge in [0.05, 0.1) is 25.4 Å². The highest BCUT2D eigenvalue weighted by atomic mass is 16.6. The Morgan fingerprint density at radius 1 is 0.696 bits per heavy atom. The summed E-state index contributed by atoms with van der Waals surface area (Å²) in [6, 6.07) is 0. The Labute approximate surface area is 136 Å². The maximum absolute atomic E-state index is 11.0. The fraction of sp³-hybridized carbons (Fsp3) is 0.800. The lowest BCUT2D eigenvalue weighted by Gasteiger charge is -2.21. The van der Waals surface area contributed by atoms with E-state index in [0.717, 1.165) is 0 Å². The Kier molecular flexibility index (Phi) is 11.0. The molecule has 0 fully saturated rings. The molecule has 0 saturated carbocycles. The minimum atomic E-state index is -0.669. The Morgan fingerprint density at radius 2 is 1.17 bits per heavy atom. The lowest BCUT2D eigenvalue weighted by Crippen LogP contribution is -2.32. The van der Waals surface area contributed by atoms with E-state index in [1.54, 1.807) is 13.8 Å². The Balaban J connectivity index is 4.04. The number of carbonyl (C=O) groups is 3. The zero-order valence-corrected chi connectivity index (χ0v) is 14.3. The molecule has 3 atom stereocenters. The molecule has 0 aliphatic heterocycles. The van der Waals surface area contributed by atoms with E-state index in [9.17, 15) is 14.4 Å². The lowest BCUT2D eigenvalue weighted by atomic mass is 10.3. The lowest BCUT2D eigenvalue weighted by molar-refractivity contribution is -0.162. The molecule has 0 aromatic heterocycles. The second kappa shape index (κ2) is 11.8. The molecule has 0 saturated heterocycles. The first-order chi connectivity index (χ1) is 10.7. The number of hydrogen-bond donors (Lipinski definition) is 0. The van der Waals surface area contributed by atoms with Crippen molar-refractivity contribution in [1.82, 2.24) is 0 Å². The zero-order chi connectivity index (χ0) is 17.8. The summed E-state index contributed by atoms with van der Waals surface area (Å²) in [5, 5.41) is 0. The molecule has 23 heavy (non-hydrogen) atoms. The van der Waals surface area contributed by atoms with E-state index < -0.39 is 18.0 Å². The Hall–Kier alpha value is -1.67. The van der Waals surface area contributed by atoms with Crippen LogP contribution in [0, 0.1) is 0 Å². The topological polar surface area (TPSA) is 97.4 Å². The van der Waals surface area contributed by atoms with Crippen molar-refractivity contribution in [3.8, 4) is 0 Å². The van der Waals surface area contributed by atoms with Crippen LogP contribution in [0.4, 0.5) is 0 Å². The average Bonchev–Trinajstić information content (AvgIpc) is 2.45. The van der Waals surface area contributed by atoms with Gasteiger partial charge in [-0.1, -0.05) is 0 Å². The summed E-state index contributed by atoms with van der Waals surface area (Å²) < 4.78 is 25.6. The fourth-order valence-corrected chi connectivity index (χ4v) is 1.46. The van der Waals surface area contributed by atoms with E-state index in [4.69, 9.17) is 23.7 Å². The normalized spacial score (nSPS) is 14.5. The maximum atomic E-state index is 11.0. The van der Waals surface area contributed by atoms with Crippen LogP contribution < -0.4 is 0 Å². The minimum Gasteiger partial charge on any atom is -0.463 e. The first kappa shape index (κ1) is 21.3. The quantitative estimate of drug-likeness (QED) is 0.405. The molecule has 0 aliphatic rings. The van der Waals surface area contributed by atoms with Crippen LogP contribution in [0.25, 0.3) is 0 Å². The monoisotopic (exact) mass is 334 g/mol. The van der Waals surface area contributed by atoms with Crippen molar-refractivity contribution in [2.45, 2.75) is 52.9 Å². The van der Waals surface area contributed by atoms with Gasteiger partial charge in [-0.2, -0.15) is 0 Å². The van der Waals surface area contributed by atoms with Crippen LogP contribution in [-0.2, 0) is 38.1 Å². The summed E-state index contributed by atoms with van der Waals surface area (Å²) in [5.41, 5.74) is 0. The van der Waals surface area contributed by atoms with Gasteiger partial charge in [0.25, 0.3) is 0 Å². The van der Waals surface area contributed by atoms with E-state index in [1.807, 2.05) is 0 Å². The average molecular weight is 334 g/mol. The zero-order valence-electron chi connectivity index (χ0n) is 14.3. The molecule has 0 aliphatic carbocycles. The van der Waals surface area contributed by atoms with Gasteiger partial charge in [-0.15, -0.1) is 0 Å². The van der Waals surface area contributed by atoms with Crippen LogP contribution in [0.3, 0.4) is 0 Å². The highest BCUT2D eigenvalue weighted by Crippen LogP contribution is 2.02. The number of hydrogen-bond acceptors (Lipinski definition) is 8. The summed E-state index contributed by atoms with van der Waals surface area (Å²) in [5.74, 6) is -1.30. The van der Waals surface area contributed by atoms with E-state index in [1.165, 1.54) is 20.8 Å². The van der Waals surface area contributed by atoms with Crippen LogP contribution >= 0.6 is 0 Å². The summed E-state index contributed by atoms with van der Waals surface area (Å²) in [7, 11) is 0. The molecule has 0 N–H and O–H groups in total. The van der Waals surface area contributed by atoms with Crippen LogP contribution in [-0.4, -0.2) is 62.6 Å². The number of rotatable bonds is 11. The molecule has 3 unspecified atom stereocenters. The number of carbonyl (C=O) groups excluding carboxylic acids is 3. The molecule has 0 bridgehead atoms. The largest absolute Gasteiger partial charge is 0.463 e. The third-order valence-electron chi connectivity index (χ3n) is 2.51. The van der Waals surface area contributed by atoms with Crippen molar-refractivity contribution >= 4 is 17.9 Å². The molecule has 8 nitrogen and oxygen atoms in total. The molecule has 0 aromatic rings. The van der Waals surface area contributed by atoms with Crippen molar-refractivity contribution in [3.63, 3.8) is 0 Å². The Bertz CT molecular complexity index is 382. The predicted molar refractivity (Wildman–Crippen MR) is 79.6 cm³/mol. The van der Waals surface area contributed by atoms with Gasteiger partial charge >= 0.3 is 17.9 Å². The molecular formula is C15H26O8. The third kappa shape index (κ3) is 13.7. The predicted octanol–water partition coefficient (Wildman–Crippen LogP) is 0.854. The highest BCUT2D eigenvalue weighted by Gasteiger charge is 2.17. The van der Waals surface area contributed by atoms with Crippen LogP contribution in [0.5, 0.6) is 0 Å². The van der Waals surface area contributed by atoms with Crippen molar-refractivity contribution in [3.05, 3.63) is 0 Å². The van der Waals surface area contributed by atoms with Gasteiger partial charge in [0.15, 0.2) is 6.10 Å². The van der Waals surface area contributed by atoms with Crippen molar-refractivity contribution in [1.29, 1.82) is 0 Å². The SMILES string of the molecule is CC(=O)OCC(C)OCC(C)OCC(COC(C)=O)OC(C)=O. The maximum Gasteiger partial charge on any atom is 0.303 e. The molecule has 0 aromatic carbocycles. The first-order valence-electron chi connectivity index (χ1n) is 7.37. The smallest absolute Gasteiger partial charge is 0.303 e. The van der Waals surface area contributed by atoms with Crippen molar-refractivity contribution < 1.29 is 38.1 Å². The molecule has 0 amide bonds. The minimum absolute atomic E-state index is 0.0641. The van der Waals surface area contributed by atoms with E-state index in [-0.39, 0.29) is 44.6 Å². The van der Waals surface area contributed by atoms with Gasteiger partial charge in [-0.25, -0.2) is 0 Å². The molecule has 134 valence electrons. The second-order valence-electron chi connectivity index (χ2n) is 5.12. The molecule has 0 heterocycles. The van der Waals surface area contributed by atoms with Gasteiger partial charge in [0.2, 0.25) is 0 Å². The number of esters is 3. The second-order valence-corrected chi connectivity index (χ2v) is 5.12. The standard InChI is InChI=1S/C15H26O8/c1-10(6-19-11(2)7-21-12(3)16)20-8-15(23-14(5)18)9-22-13(4)17/h10-11,15H,6-9H2,1-5H3. The van der Waals surface area contributed by atoms with E-state index in [2.05, 4.69) is 0 Å². The summed E-state index contributed by atoms with van der Waals surface area (Å²) in [4.78, 5) is 32.5. The highest BCUT2D eigenvalue weighted by molar-refractivity contribution is 5.67. The fourth-order valence-electron chi connectivity index (χ4n) is 1.46. The van der Waals surface area contributed by atoms with Crippen LogP contribution in [0.2, 0.25) is 0 Å². The van der Waals surface area contributed by atoms with Crippen LogP contribution in [0.15, 0.2) is 0 Å². The summed E-state index contributed by atoms with van der Waals surface area (Å²) in [6.45, 7) is 7.90. The number of ether oxygens (including phenoxy) is 5. The molecule has 0 radical (unpaired) electrons. The van der Waals surface area contributed by atoms with E-state index >= 15 is 0 Å². The Morgan fingerprint density at radius 3 is 1.70 bits per heavy atom. The first-order valence-corrected chi connectivity index (χ1v) is 7.37. The van der Waals surface area contributed by atoms with Crippen LogP contribution in [0.1, 0.15) is 34.6 Å². The van der Waals surface area contributed by atoms with Gasteiger partial charge in [0.1, 0.15) is 13.2 Å². The molecule has 8 heteroatoms. The van der Waals surface area contributed by atoms with Gasteiger partial charge in [-0.05, 0) is 13.8 Å². The molecule has 0 spiro atoms. The molecular weight excluding hydrogens is 308 g/mol. The molecule has 0 rings (SSSR count). The van der Waals surface area contributed by atoms with Gasteiger partial charge in [0, 0.05) is 20.8 Å². The van der Waals surface area contributed by atoms with Gasteiger partial charge < -0.3 is 23.7 Å². The van der Waals surface area contributed by atoms with Gasteiger partial charge in [-0.3, -0.25) is 14.4 Å². The third-order valence-corrected chi connectivity index (χ3v) is 2.51.